The fourth-order valence-electron chi connectivity index (χ4n) is 3.02. The number of aryl methyl sites for hydroxylation is 1. The third-order valence-electron chi connectivity index (χ3n) is 4.72. The molecule has 3 aromatic rings. The highest BCUT2D eigenvalue weighted by Crippen LogP contribution is 2.27. The third-order valence-corrected chi connectivity index (χ3v) is 6.50. The van der Waals surface area contributed by atoms with E-state index in [4.69, 9.17) is 0 Å². The summed E-state index contributed by atoms with van der Waals surface area (Å²) in [7, 11) is -4.02. The largest absolute Gasteiger partial charge is 0.324 e. The number of carbonyl (C=O) groups is 1. The first kappa shape index (κ1) is 22.0. The van der Waals surface area contributed by atoms with E-state index in [1.54, 1.807) is 42.5 Å². The Balaban J connectivity index is 1.94. The zero-order valence-electron chi connectivity index (χ0n) is 17.0. The maximum Gasteiger partial charge on any atom is 0.274 e. The first-order valence-electron chi connectivity index (χ1n) is 9.38. The number of rotatable bonds is 7. The molecule has 0 saturated carbocycles. The molecule has 0 spiro atoms. The van der Waals surface area contributed by atoms with Crippen molar-refractivity contribution in [2.24, 2.45) is 0 Å². The van der Waals surface area contributed by atoms with Gasteiger partial charge in [-0.05, 0) is 44.2 Å². The van der Waals surface area contributed by atoms with Crippen molar-refractivity contribution in [2.45, 2.75) is 18.7 Å². The summed E-state index contributed by atoms with van der Waals surface area (Å²) in [4.78, 5) is 23.4. The van der Waals surface area contributed by atoms with Gasteiger partial charge >= 0.3 is 0 Å². The van der Waals surface area contributed by atoms with Crippen molar-refractivity contribution in [3.63, 3.8) is 0 Å². The van der Waals surface area contributed by atoms with Gasteiger partial charge in [-0.3, -0.25) is 19.2 Å². The van der Waals surface area contributed by atoms with Crippen LogP contribution >= 0.6 is 0 Å². The number of benzene rings is 3. The predicted molar refractivity (Wildman–Crippen MR) is 119 cm³/mol. The van der Waals surface area contributed by atoms with Crippen molar-refractivity contribution < 1.29 is 18.1 Å². The smallest absolute Gasteiger partial charge is 0.274 e. The molecule has 0 saturated heterocycles. The van der Waals surface area contributed by atoms with Gasteiger partial charge < -0.3 is 5.32 Å². The summed E-state index contributed by atoms with van der Waals surface area (Å²) in [5, 5.41) is 13.7. The number of nitro groups is 1. The van der Waals surface area contributed by atoms with Crippen LogP contribution in [0.1, 0.15) is 11.1 Å². The monoisotopic (exact) mass is 439 g/mol. The second-order valence-electron chi connectivity index (χ2n) is 6.92. The molecule has 3 rings (SSSR count). The van der Waals surface area contributed by atoms with Crippen LogP contribution in [-0.4, -0.2) is 25.8 Å². The highest BCUT2D eigenvalue weighted by atomic mass is 32.2. The molecule has 0 unspecified atom stereocenters. The zero-order chi connectivity index (χ0) is 22.6. The Hall–Kier alpha value is -3.72. The van der Waals surface area contributed by atoms with Crippen molar-refractivity contribution in [2.75, 3.05) is 16.2 Å². The lowest BCUT2D eigenvalue weighted by molar-refractivity contribution is -0.385. The van der Waals surface area contributed by atoms with E-state index in [2.05, 4.69) is 5.32 Å². The van der Waals surface area contributed by atoms with Gasteiger partial charge in [0, 0.05) is 6.07 Å². The van der Waals surface area contributed by atoms with Gasteiger partial charge in [-0.1, -0.05) is 42.0 Å². The lowest BCUT2D eigenvalue weighted by atomic mass is 10.1. The fourth-order valence-corrected chi connectivity index (χ4v) is 4.46. The minimum absolute atomic E-state index is 0.0508. The van der Waals surface area contributed by atoms with E-state index < -0.39 is 27.4 Å². The molecular formula is C22H21N3O5S. The Morgan fingerprint density at radius 3 is 2.23 bits per heavy atom. The van der Waals surface area contributed by atoms with Crippen LogP contribution in [0.15, 0.2) is 77.7 Å². The normalized spacial score (nSPS) is 11.0. The Morgan fingerprint density at radius 2 is 1.61 bits per heavy atom. The predicted octanol–water partition coefficient (Wildman–Crippen LogP) is 4.05. The van der Waals surface area contributed by atoms with E-state index in [-0.39, 0.29) is 21.8 Å². The molecule has 31 heavy (non-hydrogen) atoms. The van der Waals surface area contributed by atoms with Crippen LogP contribution in [0.2, 0.25) is 0 Å². The van der Waals surface area contributed by atoms with Gasteiger partial charge in [-0.25, -0.2) is 8.42 Å². The standard InChI is InChI=1S/C22H21N3O5S/c1-16-11-13-18(14-12-16)24(31(29,30)19-7-4-3-5-8-19)15-22(26)23-20-9-6-10-21(17(20)2)25(27)28/h3-14H,15H2,1-2H3,(H,23,26). The van der Waals surface area contributed by atoms with Crippen LogP contribution in [0.5, 0.6) is 0 Å². The lowest BCUT2D eigenvalue weighted by Crippen LogP contribution is -2.38. The first-order valence-corrected chi connectivity index (χ1v) is 10.8. The Morgan fingerprint density at radius 1 is 0.968 bits per heavy atom. The van der Waals surface area contributed by atoms with Gasteiger partial charge in [0.2, 0.25) is 5.91 Å². The van der Waals surface area contributed by atoms with Gasteiger partial charge in [0.15, 0.2) is 0 Å². The van der Waals surface area contributed by atoms with Crippen LogP contribution < -0.4 is 9.62 Å². The van der Waals surface area contributed by atoms with E-state index in [0.29, 0.717) is 5.69 Å². The molecule has 0 fully saturated rings. The van der Waals surface area contributed by atoms with E-state index in [1.807, 2.05) is 6.92 Å². The molecule has 0 radical (unpaired) electrons. The molecule has 0 aromatic heterocycles. The van der Waals surface area contributed by atoms with Gasteiger partial charge in [-0.15, -0.1) is 0 Å². The van der Waals surface area contributed by atoms with Crippen molar-refractivity contribution in [3.8, 4) is 0 Å². The van der Waals surface area contributed by atoms with E-state index in [0.717, 1.165) is 9.87 Å². The number of nitrogens with one attached hydrogen (secondary N) is 1. The molecule has 3 aromatic carbocycles. The molecule has 1 amide bonds. The molecular weight excluding hydrogens is 418 g/mol. The highest BCUT2D eigenvalue weighted by molar-refractivity contribution is 7.92. The summed E-state index contributed by atoms with van der Waals surface area (Å²) >= 11 is 0. The number of sulfonamides is 1. The molecule has 0 aliphatic heterocycles. The summed E-state index contributed by atoms with van der Waals surface area (Å²) < 4.78 is 27.6. The number of hydrogen-bond donors (Lipinski definition) is 1. The molecule has 0 aliphatic carbocycles. The third kappa shape index (κ3) is 4.89. The second-order valence-corrected chi connectivity index (χ2v) is 8.78. The van der Waals surface area contributed by atoms with Crippen molar-refractivity contribution >= 4 is 33.0 Å². The molecule has 0 heterocycles. The van der Waals surface area contributed by atoms with Gasteiger partial charge in [0.1, 0.15) is 6.54 Å². The van der Waals surface area contributed by atoms with Crippen LogP contribution in [0.3, 0.4) is 0 Å². The van der Waals surface area contributed by atoms with Gasteiger partial charge in [0.25, 0.3) is 15.7 Å². The fraction of sp³-hybridized carbons (Fsp3) is 0.136. The molecule has 160 valence electrons. The minimum atomic E-state index is -4.02. The maximum absolute atomic E-state index is 13.3. The Kier molecular flexibility index (Phi) is 6.36. The highest BCUT2D eigenvalue weighted by Gasteiger charge is 2.27. The first-order chi connectivity index (χ1) is 14.7. The molecule has 1 N–H and O–H groups in total. The summed E-state index contributed by atoms with van der Waals surface area (Å²) in [6.07, 6.45) is 0. The molecule has 9 heteroatoms. The van der Waals surface area contributed by atoms with Crippen molar-refractivity contribution in [3.05, 3.63) is 94.0 Å². The topological polar surface area (TPSA) is 110 Å². The number of anilines is 2. The number of carbonyl (C=O) groups excluding carboxylic acids is 1. The van der Waals surface area contributed by atoms with Crippen molar-refractivity contribution in [1.82, 2.24) is 0 Å². The Bertz CT molecular complexity index is 1210. The maximum atomic E-state index is 13.3. The summed E-state index contributed by atoms with van der Waals surface area (Å²) in [5.74, 6) is -0.622. The van der Waals surface area contributed by atoms with Crippen molar-refractivity contribution in [1.29, 1.82) is 0 Å². The molecule has 0 aliphatic rings. The Labute approximate surface area is 180 Å². The molecule has 8 nitrogen and oxygen atoms in total. The van der Waals surface area contributed by atoms with Gasteiger partial charge in [0.05, 0.1) is 26.8 Å². The number of amides is 1. The van der Waals surface area contributed by atoms with E-state index in [1.165, 1.54) is 37.3 Å². The zero-order valence-corrected chi connectivity index (χ0v) is 17.8. The quantitative estimate of drug-likeness (QED) is 0.441. The summed E-state index contributed by atoms with van der Waals surface area (Å²) in [5.41, 5.74) is 1.68. The number of nitro benzene ring substituents is 1. The van der Waals surface area contributed by atoms with Crippen LogP contribution in [0.25, 0.3) is 0 Å². The minimum Gasteiger partial charge on any atom is -0.324 e. The summed E-state index contributed by atoms with van der Waals surface area (Å²) in [6.45, 7) is 2.90. The number of nitrogens with zero attached hydrogens (tertiary/aromatic N) is 2. The SMILES string of the molecule is Cc1ccc(N(CC(=O)Nc2cccc([N+](=O)[O-])c2C)S(=O)(=O)c2ccccc2)cc1. The van der Waals surface area contributed by atoms with E-state index in [9.17, 15) is 23.3 Å². The average molecular weight is 439 g/mol. The van der Waals surface area contributed by atoms with Crippen LogP contribution in [-0.2, 0) is 14.8 Å². The summed E-state index contributed by atoms with van der Waals surface area (Å²) in [6, 6.07) is 18.9. The molecule has 0 atom stereocenters. The van der Waals surface area contributed by atoms with E-state index >= 15 is 0 Å². The molecule has 0 bridgehead atoms. The van der Waals surface area contributed by atoms with Crippen LogP contribution in [0, 0.1) is 24.0 Å². The lowest BCUT2D eigenvalue weighted by Gasteiger charge is -2.24. The van der Waals surface area contributed by atoms with Crippen LogP contribution in [0.4, 0.5) is 17.1 Å². The average Bonchev–Trinajstić information content (AvgIpc) is 2.74. The number of hydrogen-bond acceptors (Lipinski definition) is 5. The van der Waals surface area contributed by atoms with Gasteiger partial charge in [-0.2, -0.15) is 0 Å². The second kappa shape index (κ2) is 8.97.